The first-order valence-corrected chi connectivity index (χ1v) is 6.23. The average Bonchev–Trinajstić information content (AvgIpc) is 2.42. The Morgan fingerprint density at radius 3 is 2.75 bits per heavy atom. The summed E-state index contributed by atoms with van der Waals surface area (Å²) in [5.74, 6) is -1.04. The van der Waals surface area contributed by atoms with Crippen molar-refractivity contribution in [2.45, 2.75) is 0 Å². The van der Waals surface area contributed by atoms with Gasteiger partial charge in [-0.25, -0.2) is 9.37 Å². The Morgan fingerprint density at radius 2 is 2.10 bits per heavy atom. The van der Waals surface area contributed by atoms with Crippen molar-refractivity contribution in [3.05, 3.63) is 52.0 Å². The van der Waals surface area contributed by atoms with Gasteiger partial charge in [-0.05, 0) is 24.3 Å². The molecule has 0 saturated heterocycles. The van der Waals surface area contributed by atoms with E-state index in [9.17, 15) is 9.18 Å². The number of hydrogen-bond acceptors (Lipinski definition) is 3. The monoisotopic (exact) mass is 314 g/mol. The van der Waals surface area contributed by atoms with Crippen LogP contribution in [0.25, 0.3) is 0 Å². The van der Waals surface area contributed by atoms with Gasteiger partial charge < -0.3 is 10.1 Å². The summed E-state index contributed by atoms with van der Waals surface area (Å²) in [4.78, 5) is 15.5. The average molecular weight is 315 g/mol. The molecule has 0 fully saturated rings. The standard InChI is InChI=1S/C13H9Cl2FN2O2/c1-20-10-3-2-7(6-9(10)14)18-13(19)8-4-5-17-12(15)11(8)16/h2-6H,1H3,(H,18,19). The number of amides is 1. The molecule has 0 atom stereocenters. The smallest absolute Gasteiger partial charge is 0.258 e. The van der Waals surface area contributed by atoms with Gasteiger partial charge in [-0.2, -0.15) is 0 Å². The second-order valence-corrected chi connectivity index (χ2v) is 4.53. The third-order valence-electron chi connectivity index (χ3n) is 2.50. The highest BCUT2D eigenvalue weighted by atomic mass is 35.5. The third-order valence-corrected chi connectivity index (χ3v) is 3.06. The van der Waals surface area contributed by atoms with Gasteiger partial charge >= 0.3 is 0 Å². The first-order valence-electron chi connectivity index (χ1n) is 5.48. The summed E-state index contributed by atoms with van der Waals surface area (Å²) in [7, 11) is 1.48. The minimum Gasteiger partial charge on any atom is -0.495 e. The molecule has 1 N–H and O–H groups in total. The SMILES string of the molecule is COc1ccc(NC(=O)c2ccnc(Cl)c2F)cc1Cl. The van der Waals surface area contributed by atoms with Crippen LogP contribution in [0.4, 0.5) is 10.1 Å². The van der Waals surface area contributed by atoms with Crippen LogP contribution in [0.3, 0.4) is 0 Å². The predicted molar refractivity (Wildman–Crippen MR) is 75.2 cm³/mol. The van der Waals surface area contributed by atoms with E-state index in [1.165, 1.54) is 25.4 Å². The number of anilines is 1. The summed E-state index contributed by atoms with van der Waals surface area (Å²) in [6, 6.07) is 5.91. The summed E-state index contributed by atoms with van der Waals surface area (Å²) in [6.45, 7) is 0. The molecule has 1 aromatic carbocycles. The van der Waals surface area contributed by atoms with Gasteiger partial charge in [-0.1, -0.05) is 23.2 Å². The van der Waals surface area contributed by atoms with Crippen molar-refractivity contribution in [1.82, 2.24) is 4.98 Å². The van der Waals surface area contributed by atoms with Crippen LogP contribution in [0.5, 0.6) is 5.75 Å². The topological polar surface area (TPSA) is 51.2 Å². The Hall–Kier alpha value is -1.85. The molecule has 2 rings (SSSR count). The summed E-state index contributed by atoms with van der Waals surface area (Å²) in [5, 5.41) is 2.49. The fourth-order valence-electron chi connectivity index (χ4n) is 1.54. The highest BCUT2D eigenvalue weighted by Gasteiger charge is 2.15. The van der Waals surface area contributed by atoms with Crippen LogP contribution in [0.1, 0.15) is 10.4 Å². The van der Waals surface area contributed by atoms with E-state index < -0.39 is 11.7 Å². The number of pyridine rings is 1. The van der Waals surface area contributed by atoms with Crippen molar-refractivity contribution in [3.8, 4) is 5.75 Å². The molecule has 1 amide bonds. The van der Waals surface area contributed by atoms with Crippen molar-refractivity contribution in [3.63, 3.8) is 0 Å². The van der Waals surface area contributed by atoms with Gasteiger partial charge in [0.2, 0.25) is 0 Å². The minimum absolute atomic E-state index is 0.197. The van der Waals surface area contributed by atoms with E-state index in [2.05, 4.69) is 10.3 Å². The molecule has 2 aromatic rings. The summed E-state index contributed by atoms with van der Waals surface area (Å²) in [6.07, 6.45) is 1.25. The van der Waals surface area contributed by atoms with E-state index in [0.29, 0.717) is 16.5 Å². The van der Waals surface area contributed by atoms with Crippen LogP contribution >= 0.6 is 23.2 Å². The van der Waals surface area contributed by atoms with Crippen LogP contribution in [0.2, 0.25) is 10.2 Å². The van der Waals surface area contributed by atoms with Crippen molar-refractivity contribution in [1.29, 1.82) is 0 Å². The number of nitrogens with one attached hydrogen (secondary N) is 1. The number of methoxy groups -OCH3 is 1. The largest absolute Gasteiger partial charge is 0.495 e. The number of nitrogens with zero attached hydrogens (tertiary/aromatic N) is 1. The quantitative estimate of drug-likeness (QED) is 0.877. The summed E-state index contributed by atoms with van der Waals surface area (Å²) >= 11 is 11.5. The van der Waals surface area contributed by atoms with E-state index in [0.717, 1.165) is 0 Å². The summed E-state index contributed by atoms with van der Waals surface area (Å²) < 4.78 is 18.6. The van der Waals surface area contributed by atoms with E-state index in [1.807, 2.05) is 0 Å². The number of aromatic nitrogens is 1. The Kier molecular flexibility index (Phi) is 4.42. The van der Waals surface area contributed by atoms with Crippen molar-refractivity contribution >= 4 is 34.8 Å². The molecule has 104 valence electrons. The fourth-order valence-corrected chi connectivity index (χ4v) is 1.95. The maximum Gasteiger partial charge on any atom is 0.258 e. The first-order chi connectivity index (χ1) is 9.52. The normalized spacial score (nSPS) is 10.2. The lowest BCUT2D eigenvalue weighted by Gasteiger charge is -2.08. The highest BCUT2D eigenvalue weighted by molar-refractivity contribution is 6.32. The molecule has 0 unspecified atom stereocenters. The van der Waals surface area contributed by atoms with E-state index in [1.54, 1.807) is 12.1 Å². The van der Waals surface area contributed by atoms with Gasteiger partial charge in [0.1, 0.15) is 5.75 Å². The molecule has 0 spiro atoms. The lowest BCUT2D eigenvalue weighted by atomic mass is 10.2. The maximum absolute atomic E-state index is 13.7. The van der Waals surface area contributed by atoms with Crippen LogP contribution < -0.4 is 10.1 Å². The Bertz CT molecular complexity index is 665. The predicted octanol–water partition coefficient (Wildman–Crippen LogP) is 3.79. The molecule has 4 nitrogen and oxygen atoms in total. The zero-order valence-corrected chi connectivity index (χ0v) is 11.8. The zero-order chi connectivity index (χ0) is 14.7. The fraction of sp³-hybridized carbons (Fsp3) is 0.0769. The number of ether oxygens (including phenoxy) is 1. The van der Waals surface area contributed by atoms with Gasteiger partial charge in [0.25, 0.3) is 5.91 Å². The Morgan fingerprint density at radius 1 is 1.35 bits per heavy atom. The molecule has 1 heterocycles. The molecule has 20 heavy (non-hydrogen) atoms. The van der Waals surface area contributed by atoms with E-state index in [4.69, 9.17) is 27.9 Å². The third kappa shape index (κ3) is 3.00. The van der Waals surface area contributed by atoms with Gasteiger partial charge in [0.05, 0.1) is 17.7 Å². The number of rotatable bonds is 3. The Balaban J connectivity index is 2.24. The van der Waals surface area contributed by atoms with Gasteiger partial charge in [0, 0.05) is 11.9 Å². The van der Waals surface area contributed by atoms with Gasteiger partial charge in [0.15, 0.2) is 11.0 Å². The Labute approximate surface area is 124 Å². The molecule has 0 aliphatic rings. The molecular formula is C13H9Cl2FN2O2. The van der Waals surface area contributed by atoms with E-state index >= 15 is 0 Å². The number of carbonyl (C=O) groups is 1. The van der Waals surface area contributed by atoms with Gasteiger partial charge in [-0.15, -0.1) is 0 Å². The van der Waals surface area contributed by atoms with Gasteiger partial charge in [-0.3, -0.25) is 4.79 Å². The molecule has 0 saturated carbocycles. The molecule has 0 aliphatic heterocycles. The molecule has 0 aliphatic carbocycles. The van der Waals surface area contributed by atoms with Crippen molar-refractivity contribution in [2.75, 3.05) is 12.4 Å². The second-order valence-electron chi connectivity index (χ2n) is 3.77. The van der Waals surface area contributed by atoms with Crippen LogP contribution in [0, 0.1) is 5.82 Å². The van der Waals surface area contributed by atoms with E-state index in [-0.39, 0.29) is 10.7 Å². The lowest BCUT2D eigenvalue weighted by Crippen LogP contribution is -2.14. The summed E-state index contributed by atoms with van der Waals surface area (Å²) in [5.41, 5.74) is 0.213. The van der Waals surface area contributed by atoms with Crippen molar-refractivity contribution in [2.24, 2.45) is 0 Å². The molecular weight excluding hydrogens is 306 g/mol. The minimum atomic E-state index is -0.869. The number of carbonyl (C=O) groups excluding carboxylic acids is 1. The number of hydrogen-bond donors (Lipinski definition) is 1. The van der Waals surface area contributed by atoms with Crippen LogP contribution in [0.15, 0.2) is 30.5 Å². The van der Waals surface area contributed by atoms with Crippen LogP contribution in [-0.2, 0) is 0 Å². The van der Waals surface area contributed by atoms with Crippen LogP contribution in [-0.4, -0.2) is 18.0 Å². The molecule has 7 heteroatoms. The number of benzene rings is 1. The number of halogens is 3. The van der Waals surface area contributed by atoms with Crippen molar-refractivity contribution < 1.29 is 13.9 Å². The second kappa shape index (κ2) is 6.07. The molecule has 1 aromatic heterocycles. The maximum atomic E-state index is 13.7. The molecule has 0 bridgehead atoms. The molecule has 0 radical (unpaired) electrons. The lowest BCUT2D eigenvalue weighted by molar-refractivity contribution is 0.102. The zero-order valence-electron chi connectivity index (χ0n) is 10.3. The highest BCUT2D eigenvalue weighted by Crippen LogP contribution is 2.27. The first kappa shape index (κ1) is 14.6.